The summed E-state index contributed by atoms with van der Waals surface area (Å²) in [6, 6.07) is 10.1. The fourth-order valence-electron chi connectivity index (χ4n) is 2.50. The third-order valence-electron chi connectivity index (χ3n) is 3.18. The van der Waals surface area contributed by atoms with E-state index in [0.29, 0.717) is 6.54 Å². The highest BCUT2D eigenvalue weighted by Crippen LogP contribution is 2.18. The monoisotopic (exact) mass is 292 g/mol. The molecule has 1 rings (SSSR count). The number of carbonyl (C=O) groups is 1. The Balaban J connectivity index is 2.57. The zero-order valence-corrected chi connectivity index (χ0v) is 13.6. The SMILES string of the molecule is CCCC(NC(=O)CN(C)CC(C)(C)O)c1ccccc1. The van der Waals surface area contributed by atoms with E-state index in [0.717, 1.165) is 18.4 Å². The molecule has 21 heavy (non-hydrogen) atoms. The Labute approximate surface area is 128 Å². The molecule has 118 valence electrons. The fourth-order valence-corrected chi connectivity index (χ4v) is 2.50. The molecule has 1 amide bonds. The fraction of sp³-hybridized carbons (Fsp3) is 0.588. The molecule has 0 aliphatic heterocycles. The number of hydrogen-bond donors (Lipinski definition) is 2. The summed E-state index contributed by atoms with van der Waals surface area (Å²) in [5, 5.41) is 12.9. The number of carbonyl (C=O) groups excluding carboxylic acids is 1. The van der Waals surface area contributed by atoms with Crippen LogP contribution in [0, 0.1) is 0 Å². The van der Waals surface area contributed by atoms with E-state index in [1.807, 2.05) is 42.3 Å². The summed E-state index contributed by atoms with van der Waals surface area (Å²) in [4.78, 5) is 14.0. The smallest absolute Gasteiger partial charge is 0.234 e. The van der Waals surface area contributed by atoms with Gasteiger partial charge in [0.25, 0.3) is 0 Å². The van der Waals surface area contributed by atoms with Gasteiger partial charge in [0.05, 0.1) is 18.2 Å². The third kappa shape index (κ3) is 7.25. The van der Waals surface area contributed by atoms with Crippen molar-refractivity contribution < 1.29 is 9.90 Å². The maximum atomic E-state index is 12.2. The summed E-state index contributed by atoms with van der Waals surface area (Å²) in [6.45, 7) is 6.35. The van der Waals surface area contributed by atoms with E-state index < -0.39 is 5.60 Å². The average Bonchev–Trinajstić information content (AvgIpc) is 2.36. The molecule has 1 aromatic carbocycles. The second-order valence-electron chi connectivity index (χ2n) is 6.30. The van der Waals surface area contributed by atoms with Crippen LogP contribution in [0.5, 0.6) is 0 Å². The molecule has 4 heteroatoms. The van der Waals surface area contributed by atoms with Crippen LogP contribution in [0.4, 0.5) is 0 Å². The quantitative estimate of drug-likeness (QED) is 0.773. The minimum atomic E-state index is -0.794. The van der Waals surface area contributed by atoms with E-state index in [4.69, 9.17) is 0 Å². The Morgan fingerprint density at radius 1 is 1.33 bits per heavy atom. The molecule has 0 aliphatic rings. The van der Waals surface area contributed by atoms with Crippen LogP contribution in [0.15, 0.2) is 30.3 Å². The maximum absolute atomic E-state index is 12.2. The van der Waals surface area contributed by atoms with Crippen LogP contribution in [0.3, 0.4) is 0 Å². The van der Waals surface area contributed by atoms with Gasteiger partial charge in [0.15, 0.2) is 0 Å². The van der Waals surface area contributed by atoms with E-state index in [1.54, 1.807) is 13.8 Å². The standard InChI is InChI=1S/C17H28N2O2/c1-5-9-15(14-10-7-6-8-11-14)18-16(20)12-19(4)13-17(2,3)21/h6-8,10-11,15,21H,5,9,12-13H2,1-4H3,(H,18,20). The minimum absolute atomic E-state index is 0.0101. The Hall–Kier alpha value is -1.39. The topological polar surface area (TPSA) is 52.6 Å². The van der Waals surface area contributed by atoms with Gasteiger partial charge in [-0.3, -0.25) is 9.69 Å². The molecule has 0 fully saturated rings. The van der Waals surface area contributed by atoms with Crippen molar-refractivity contribution in [3.05, 3.63) is 35.9 Å². The van der Waals surface area contributed by atoms with Gasteiger partial charge in [-0.25, -0.2) is 0 Å². The molecule has 0 saturated carbocycles. The molecule has 2 N–H and O–H groups in total. The first kappa shape index (κ1) is 17.7. The van der Waals surface area contributed by atoms with E-state index in [2.05, 4.69) is 12.2 Å². The third-order valence-corrected chi connectivity index (χ3v) is 3.18. The molecule has 1 atom stereocenters. The van der Waals surface area contributed by atoms with Crippen LogP contribution >= 0.6 is 0 Å². The van der Waals surface area contributed by atoms with E-state index in [1.165, 1.54) is 0 Å². The zero-order valence-electron chi connectivity index (χ0n) is 13.6. The van der Waals surface area contributed by atoms with Gasteiger partial charge >= 0.3 is 0 Å². The predicted molar refractivity (Wildman–Crippen MR) is 86.0 cm³/mol. The number of aliphatic hydroxyl groups is 1. The number of benzene rings is 1. The van der Waals surface area contributed by atoms with Crippen molar-refractivity contribution >= 4 is 5.91 Å². The van der Waals surface area contributed by atoms with E-state index in [9.17, 15) is 9.90 Å². The summed E-state index contributed by atoms with van der Waals surface area (Å²) in [5.41, 5.74) is 0.343. The molecular formula is C17H28N2O2. The largest absolute Gasteiger partial charge is 0.389 e. The lowest BCUT2D eigenvalue weighted by atomic mass is 10.0. The van der Waals surface area contributed by atoms with Crippen LogP contribution in [-0.2, 0) is 4.79 Å². The lowest BCUT2D eigenvalue weighted by Crippen LogP contribution is -2.42. The van der Waals surface area contributed by atoms with Crippen LogP contribution in [0.25, 0.3) is 0 Å². The second-order valence-corrected chi connectivity index (χ2v) is 6.30. The van der Waals surface area contributed by atoms with Gasteiger partial charge in [-0.2, -0.15) is 0 Å². The van der Waals surface area contributed by atoms with E-state index >= 15 is 0 Å². The van der Waals surface area contributed by atoms with Crippen LogP contribution in [-0.4, -0.2) is 41.7 Å². The van der Waals surface area contributed by atoms with Crippen molar-refractivity contribution in [2.24, 2.45) is 0 Å². The van der Waals surface area contributed by atoms with Gasteiger partial charge in [-0.1, -0.05) is 43.7 Å². The summed E-state index contributed by atoms with van der Waals surface area (Å²) >= 11 is 0. The lowest BCUT2D eigenvalue weighted by molar-refractivity contribution is -0.123. The highest BCUT2D eigenvalue weighted by molar-refractivity contribution is 5.78. The van der Waals surface area contributed by atoms with Crippen molar-refractivity contribution in [1.82, 2.24) is 10.2 Å². The first-order valence-corrected chi connectivity index (χ1v) is 7.57. The summed E-state index contributed by atoms with van der Waals surface area (Å²) in [5.74, 6) is -0.0101. The molecule has 0 heterocycles. The van der Waals surface area contributed by atoms with Crippen molar-refractivity contribution in [2.45, 2.75) is 45.3 Å². The van der Waals surface area contributed by atoms with Crippen LogP contribution in [0.1, 0.15) is 45.2 Å². The van der Waals surface area contributed by atoms with Crippen molar-refractivity contribution in [2.75, 3.05) is 20.1 Å². The molecular weight excluding hydrogens is 264 g/mol. The molecule has 0 aromatic heterocycles. The number of likely N-dealkylation sites (N-methyl/N-ethyl adjacent to an activating group) is 1. The molecule has 4 nitrogen and oxygen atoms in total. The van der Waals surface area contributed by atoms with Crippen LogP contribution in [0.2, 0.25) is 0 Å². The Morgan fingerprint density at radius 2 is 1.95 bits per heavy atom. The Bertz CT molecular complexity index is 426. The molecule has 1 unspecified atom stereocenters. The molecule has 0 radical (unpaired) electrons. The molecule has 0 spiro atoms. The van der Waals surface area contributed by atoms with Gasteiger partial charge in [0.2, 0.25) is 5.91 Å². The Kier molecular flexibility index (Phi) is 6.85. The molecule has 0 bridgehead atoms. The number of rotatable bonds is 8. The normalized spacial score (nSPS) is 13.2. The number of hydrogen-bond acceptors (Lipinski definition) is 3. The first-order chi connectivity index (χ1) is 9.81. The molecule has 0 saturated heterocycles. The first-order valence-electron chi connectivity index (χ1n) is 7.57. The highest BCUT2D eigenvalue weighted by atomic mass is 16.3. The Morgan fingerprint density at radius 3 is 2.48 bits per heavy atom. The molecule has 1 aromatic rings. The van der Waals surface area contributed by atoms with Gasteiger partial charge in [0.1, 0.15) is 0 Å². The summed E-state index contributed by atoms with van der Waals surface area (Å²) < 4.78 is 0. The van der Waals surface area contributed by atoms with Gasteiger partial charge in [-0.05, 0) is 32.9 Å². The summed E-state index contributed by atoms with van der Waals surface area (Å²) in [7, 11) is 1.84. The van der Waals surface area contributed by atoms with Gasteiger partial charge in [0, 0.05) is 6.54 Å². The van der Waals surface area contributed by atoms with Crippen molar-refractivity contribution in [3.63, 3.8) is 0 Å². The summed E-state index contributed by atoms with van der Waals surface area (Å²) in [6.07, 6.45) is 1.93. The lowest BCUT2D eigenvalue weighted by Gasteiger charge is -2.26. The molecule has 0 aliphatic carbocycles. The van der Waals surface area contributed by atoms with Crippen molar-refractivity contribution in [3.8, 4) is 0 Å². The highest BCUT2D eigenvalue weighted by Gasteiger charge is 2.19. The number of nitrogens with zero attached hydrogens (tertiary/aromatic N) is 1. The number of amides is 1. The number of nitrogens with one attached hydrogen (secondary N) is 1. The predicted octanol–water partition coefficient (Wildman–Crippen LogP) is 2.35. The second kappa shape index (κ2) is 8.15. The minimum Gasteiger partial charge on any atom is -0.389 e. The van der Waals surface area contributed by atoms with Gasteiger partial charge in [-0.15, -0.1) is 0 Å². The van der Waals surface area contributed by atoms with Gasteiger partial charge < -0.3 is 10.4 Å². The van der Waals surface area contributed by atoms with Crippen LogP contribution < -0.4 is 5.32 Å². The average molecular weight is 292 g/mol. The maximum Gasteiger partial charge on any atom is 0.234 e. The van der Waals surface area contributed by atoms with E-state index in [-0.39, 0.29) is 18.5 Å². The van der Waals surface area contributed by atoms with Crippen molar-refractivity contribution in [1.29, 1.82) is 0 Å². The zero-order chi connectivity index (χ0) is 15.9.